The molecule has 3 nitrogen and oxygen atoms in total. The fraction of sp³-hybridized carbons (Fsp3) is 0.643. The molecule has 1 fully saturated rings. The Labute approximate surface area is 104 Å². The summed E-state index contributed by atoms with van der Waals surface area (Å²) in [6.45, 7) is 9.13. The Balaban J connectivity index is 1.67. The van der Waals surface area contributed by atoms with Crippen molar-refractivity contribution in [1.29, 1.82) is 0 Å². The normalized spacial score (nSPS) is 21.2. The molecular formula is C14H23N3. The lowest BCUT2D eigenvalue weighted by atomic mass is 10.1. The van der Waals surface area contributed by atoms with Gasteiger partial charge in [-0.1, -0.05) is 6.07 Å². The van der Waals surface area contributed by atoms with Crippen LogP contribution in [0.15, 0.2) is 24.5 Å². The van der Waals surface area contributed by atoms with Crippen molar-refractivity contribution in [3.63, 3.8) is 0 Å². The smallest absolute Gasteiger partial charge is 0.0312 e. The Kier molecular flexibility index (Phi) is 4.51. The molecule has 94 valence electrons. The van der Waals surface area contributed by atoms with Crippen molar-refractivity contribution in [2.45, 2.75) is 32.9 Å². The number of hydrogen-bond acceptors (Lipinski definition) is 3. The molecule has 17 heavy (non-hydrogen) atoms. The van der Waals surface area contributed by atoms with Crippen molar-refractivity contribution in [3.05, 3.63) is 30.1 Å². The quantitative estimate of drug-likeness (QED) is 0.842. The van der Waals surface area contributed by atoms with E-state index in [1.165, 1.54) is 25.1 Å². The fourth-order valence-electron chi connectivity index (χ4n) is 2.42. The van der Waals surface area contributed by atoms with Gasteiger partial charge in [0.2, 0.25) is 0 Å². The Morgan fingerprint density at radius 2 is 2.41 bits per heavy atom. The third-order valence-corrected chi connectivity index (χ3v) is 3.53. The largest absolute Gasteiger partial charge is 0.312 e. The molecule has 2 heterocycles. The van der Waals surface area contributed by atoms with Gasteiger partial charge in [0.05, 0.1) is 0 Å². The van der Waals surface area contributed by atoms with Crippen LogP contribution in [0.3, 0.4) is 0 Å². The molecule has 3 heteroatoms. The van der Waals surface area contributed by atoms with Gasteiger partial charge in [-0.2, -0.15) is 0 Å². The van der Waals surface area contributed by atoms with Crippen LogP contribution in [0, 0.1) is 5.92 Å². The molecule has 0 saturated carbocycles. The monoisotopic (exact) mass is 233 g/mol. The minimum Gasteiger partial charge on any atom is -0.312 e. The highest BCUT2D eigenvalue weighted by atomic mass is 15.2. The molecule has 0 aromatic carbocycles. The third kappa shape index (κ3) is 3.79. The van der Waals surface area contributed by atoms with E-state index in [-0.39, 0.29) is 0 Å². The standard InChI is InChI=1S/C14H23N3/c1-12(2)17-7-5-14(11-17)10-16-9-13-4-3-6-15-8-13/h3-4,6,8,12,14,16H,5,7,9-11H2,1-2H3. The van der Waals surface area contributed by atoms with Gasteiger partial charge in [0.1, 0.15) is 0 Å². The number of hydrogen-bond donors (Lipinski definition) is 1. The zero-order valence-corrected chi connectivity index (χ0v) is 10.9. The fourth-order valence-corrected chi connectivity index (χ4v) is 2.42. The molecule has 1 N–H and O–H groups in total. The third-order valence-electron chi connectivity index (χ3n) is 3.53. The molecule has 1 aromatic heterocycles. The van der Waals surface area contributed by atoms with Crippen LogP contribution in [0.1, 0.15) is 25.8 Å². The molecular weight excluding hydrogens is 210 g/mol. The Morgan fingerprint density at radius 3 is 3.06 bits per heavy atom. The van der Waals surface area contributed by atoms with E-state index in [0.29, 0.717) is 6.04 Å². The van der Waals surface area contributed by atoms with Gasteiger partial charge in [-0.3, -0.25) is 4.98 Å². The predicted molar refractivity (Wildman–Crippen MR) is 70.8 cm³/mol. The summed E-state index contributed by atoms with van der Waals surface area (Å²) in [6.07, 6.45) is 5.08. The van der Waals surface area contributed by atoms with Gasteiger partial charge in [-0.25, -0.2) is 0 Å². The number of nitrogens with zero attached hydrogens (tertiary/aromatic N) is 2. The van der Waals surface area contributed by atoms with Gasteiger partial charge in [-0.05, 0) is 50.9 Å². The van der Waals surface area contributed by atoms with Gasteiger partial charge in [-0.15, -0.1) is 0 Å². The number of pyridine rings is 1. The molecule has 0 aliphatic carbocycles. The maximum absolute atomic E-state index is 4.12. The lowest BCUT2D eigenvalue weighted by Gasteiger charge is -2.20. The lowest BCUT2D eigenvalue weighted by Crippen LogP contribution is -2.30. The van der Waals surface area contributed by atoms with Crippen LogP contribution in [0.2, 0.25) is 0 Å². The Bertz CT molecular complexity index is 323. The zero-order chi connectivity index (χ0) is 12.1. The molecule has 1 aliphatic heterocycles. The number of rotatable bonds is 5. The van der Waals surface area contributed by atoms with E-state index in [1.807, 2.05) is 18.5 Å². The highest BCUT2D eigenvalue weighted by molar-refractivity contribution is 5.07. The summed E-state index contributed by atoms with van der Waals surface area (Å²) in [5.74, 6) is 0.814. The summed E-state index contributed by atoms with van der Waals surface area (Å²) < 4.78 is 0. The van der Waals surface area contributed by atoms with E-state index in [9.17, 15) is 0 Å². The molecule has 0 bridgehead atoms. The highest BCUT2D eigenvalue weighted by Crippen LogP contribution is 2.17. The highest BCUT2D eigenvalue weighted by Gasteiger charge is 2.23. The summed E-state index contributed by atoms with van der Waals surface area (Å²) >= 11 is 0. The van der Waals surface area contributed by atoms with Crippen molar-refractivity contribution in [2.24, 2.45) is 5.92 Å². The molecule has 1 aromatic rings. The second-order valence-corrected chi connectivity index (χ2v) is 5.24. The lowest BCUT2D eigenvalue weighted by molar-refractivity contribution is 0.264. The van der Waals surface area contributed by atoms with Gasteiger partial charge in [0.15, 0.2) is 0 Å². The number of likely N-dealkylation sites (tertiary alicyclic amines) is 1. The molecule has 1 aliphatic rings. The SMILES string of the molecule is CC(C)N1CCC(CNCc2cccnc2)C1. The van der Waals surface area contributed by atoms with E-state index in [4.69, 9.17) is 0 Å². The van der Waals surface area contributed by atoms with Crippen molar-refractivity contribution in [3.8, 4) is 0 Å². The van der Waals surface area contributed by atoms with E-state index >= 15 is 0 Å². The second-order valence-electron chi connectivity index (χ2n) is 5.24. The van der Waals surface area contributed by atoms with Crippen LogP contribution in [0.5, 0.6) is 0 Å². The average Bonchev–Trinajstić information content (AvgIpc) is 2.79. The van der Waals surface area contributed by atoms with Crippen LogP contribution in [-0.4, -0.2) is 35.6 Å². The van der Waals surface area contributed by atoms with E-state index in [2.05, 4.69) is 35.1 Å². The first-order chi connectivity index (χ1) is 8.25. The molecule has 0 amide bonds. The molecule has 1 saturated heterocycles. The summed E-state index contributed by atoms with van der Waals surface area (Å²) in [5, 5.41) is 3.54. The first kappa shape index (κ1) is 12.5. The van der Waals surface area contributed by atoms with Crippen LogP contribution in [0.25, 0.3) is 0 Å². The van der Waals surface area contributed by atoms with Gasteiger partial charge < -0.3 is 10.2 Å². The summed E-state index contributed by atoms with van der Waals surface area (Å²) in [7, 11) is 0. The molecule has 0 radical (unpaired) electrons. The average molecular weight is 233 g/mol. The maximum atomic E-state index is 4.12. The second kappa shape index (κ2) is 6.12. The number of nitrogens with one attached hydrogen (secondary N) is 1. The summed E-state index contributed by atoms with van der Waals surface area (Å²) in [4.78, 5) is 6.69. The minimum absolute atomic E-state index is 0.693. The van der Waals surface area contributed by atoms with Crippen molar-refractivity contribution in [1.82, 2.24) is 15.2 Å². The first-order valence-electron chi connectivity index (χ1n) is 6.59. The molecule has 1 unspecified atom stereocenters. The maximum Gasteiger partial charge on any atom is 0.0312 e. The van der Waals surface area contributed by atoms with Crippen LogP contribution in [0.4, 0.5) is 0 Å². The Morgan fingerprint density at radius 1 is 1.53 bits per heavy atom. The molecule has 0 spiro atoms. The zero-order valence-electron chi connectivity index (χ0n) is 10.9. The van der Waals surface area contributed by atoms with Gasteiger partial charge in [0, 0.05) is 31.5 Å². The van der Waals surface area contributed by atoms with Crippen molar-refractivity contribution in [2.75, 3.05) is 19.6 Å². The Hall–Kier alpha value is -0.930. The van der Waals surface area contributed by atoms with Crippen LogP contribution in [-0.2, 0) is 6.54 Å². The minimum atomic E-state index is 0.693. The van der Waals surface area contributed by atoms with Crippen molar-refractivity contribution >= 4 is 0 Å². The molecule has 1 atom stereocenters. The van der Waals surface area contributed by atoms with Crippen LogP contribution < -0.4 is 5.32 Å². The van der Waals surface area contributed by atoms with Gasteiger partial charge >= 0.3 is 0 Å². The summed E-state index contributed by atoms with van der Waals surface area (Å²) in [6, 6.07) is 4.81. The first-order valence-corrected chi connectivity index (χ1v) is 6.59. The molecule has 2 rings (SSSR count). The van der Waals surface area contributed by atoms with E-state index in [0.717, 1.165) is 19.0 Å². The van der Waals surface area contributed by atoms with Crippen LogP contribution >= 0.6 is 0 Å². The van der Waals surface area contributed by atoms with E-state index in [1.54, 1.807) is 0 Å². The number of aromatic nitrogens is 1. The van der Waals surface area contributed by atoms with E-state index < -0.39 is 0 Å². The van der Waals surface area contributed by atoms with Gasteiger partial charge in [0.25, 0.3) is 0 Å². The topological polar surface area (TPSA) is 28.2 Å². The van der Waals surface area contributed by atoms with Crippen molar-refractivity contribution < 1.29 is 0 Å². The predicted octanol–water partition coefficient (Wildman–Crippen LogP) is 1.90. The summed E-state index contributed by atoms with van der Waals surface area (Å²) in [5.41, 5.74) is 1.27.